The molecule has 3 saturated heterocycles. The lowest BCUT2D eigenvalue weighted by molar-refractivity contribution is -0.120. The van der Waals surface area contributed by atoms with Crippen LogP contribution in [0.4, 0.5) is 0 Å². The maximum Gasteiger partial charge on any atom is 0.296 e. The van der Waals surface area contributed by atoms with E-state index in [0.29, 0.717) is 47.7 Å². The molecule has 32 heavy (non-hydrogen) atoms. The third-order valence-electron chi connectivity index (χ3n) is 6.20. The summed E-state index contributed by atoms with van der Waals surface area (Å²) in [4.78, 5) is 12.3. The van der Waals surface area contributed by atoms with Crippen LogP contribution in [0.25, 0.3) is 22.4 Å². The van der Waals surface area contributed by atoms with Crippen molar-refractivity contribution >= 4 is 22.8 Å². The monoisotopic (exact) mass is 457 g/mol. The fraction of sp³-hybridized carbons (Fsp3) is 0.478. The van der Waals surface area contributed by atoms with Gasteiger partial charge in [-0.3, -0.25) is 0 Å². The number of halogens is 1. The first-order valence-corrected chi connectivity index (χ1v) is 11.2. The number of aromatic amines is 1. The lowest BCUT2D eigenvalue weighted by Crippen LogP contribution is -2.44. The summed E-state index contributed by atoms with van der Waals surface area (Å²) in [6.45, 7) is 5.46. The molecule has 0 aliphatic carbocycles. The lowest BCUT2D eigenvalue weighted by Gasteiger charge is -2.37. The Labute approximate surface area is 190 Å². The van der Waals surface area contributed by atoms with Crippen LogP contribution in [-0.2, 0) is 14.2 Å². The van der Waals surface area contributed by atoms with Crippen molar-refractivity contribution in [2.24, 2.45) is 5.41 Å². The Morgan fingerprint density at radius 2 is 2.03 bits per heavy atom. The van der Waals surface area contributed by atoms with Crippen LogP contribution in [0.1, 0.15) is 13.3 Å². The van der Waals surface area contributed by atoms with Crippen LogP contribution < -0.4 is 9.47 Å². The van der Waals surface area contributed by atoms with Crippen LogP contribution in [0, 0.1) is 5.41 Å². The van der Waals surface area contributed by atoms with E-state index in [9.17, 15) is 0 Å². The summed E-state index contributed by atoms with van der Waals surface area (Å²) in [5.41, 5.74) is 2.91. The summed E-state index contributed by atoms with van der Waals surface area (Å²) < 4.78 is 28.7. The molecule has 0 spiro atoms. The van der Waals surface area contributed by atoms with Gasteiger partial charge in [0.1, 0.15) is 11.9 Å². The molecule has 168 valence electrons. The minimum atomic E-state index is -0.181. The van der Waals surface area contributed by atoms with Crippen LogP contribution >= 0.6 is 11.6 Å². The van der Waals surface area contributed by atoms with E-state index in [4.69, 9.17) is 35.3 Å². The first kappa shape index (κ1) is 20.2. The molecular weight excluding hydrogens is 434 g/mol. The highest BCUT2D eigenvalue weighted by Gasteiger charge is 2.43. The molecule has 0 amide bonds. The number of nitrogens with one attached hydrogen (secondary N) is 1. The van der Waals surface area contributed by atoms with Gasteiger partial charge in [-0.15, -0.1) is 0 Å². The number of imidazole rings is 1. The van der Waals surface area contributed by atoms with Gasteiger partial charge in [0.05, 0.1) is 48.8 Å². The number of aromatic nitrogens is 3. The van der Waals surface area contributed by atoms with Gasteiger partial charge < -0.3 is 28.7 Å². The minimum Gasteiger partial charge on any atom is -0.493 e. The average molecular weight is 458 g/mol. The number of nitrogens with zero attached hydrogens (tertiary/aromatic N) is 2. The van der Waals surface area contributed by atoms with E-state index >= 15 is 0 Å². The third-order valence-corrected chi connectivity index (χ3v) is 6.49. The zero-order chi connectivity index (χ0) is 21.7. The SMILES string of the molecule is CC1(COc2ccc(-c3nc4nc(O[C@@H]5CO[C@@H]6CCO[C@@H]65)[nH]c4cc3Cl)cc2)COC1. The molecule has 0 bridgehead atoms. The molecule has 8 nitrogen and oxygen atoms in total. The van der Waals surface area contributed by atoms with Crippen LogP contribution in [0.5, 0.6) is 11.8 Å². The van der Waals surface area contributed by atoms with Gasteiger partial charge >= 0.3 is 0 Å². The number of hydrogen-bond acceptors (Lipinski definition) is 7. The van der Waals surface area contributed by atoms with Crippen molar-refractivity contribution in [1.29, 1.82) is 0 Å². The zero-order valence-corrected chi connectivity index (χ0v) is 18.4. The number of hydrogen-bond donors (Lipinski definition) is 1. The minimum absolute atomic E-state index is 0.0459. The number of H-pyrrole nitrogens is 1. The second-order valence-electron chi connectivity index (χ2n) is 9.00. The van der Waals surface area contributed by atoms with Crippen LogP contribution in [-0.4, -0.2) is 66.3 Å². The second-order valence-corrected chi connectivity index (χ2v) is 9.41. The number of ether oxygens (including phenoxy) is 5. The van der Waals surface area contributed by atoms with Crippen molar-refractivity contribution in [2.75, 3.05) is 33.0 Å². The molecule has 1 aromatic carbocycles. The Bertz CT molecular complexity index is 1130. The highest BCUT2D eigenvalue weighted by Crippen LogP contribution is 2.33. The summed E-state index contributed by atoms with van der Waals surface area (Å²) in [6.07, 6.45) is 0.790. The third kappa shape index (κ3) is 3.71. The molecule has 0 radical (unpaired) electrons. The topological polar surface area (TPSA) is 87.7 Å². The van der Waals surface area contributed by atoms with E-state index in [1.54, 1.807) is 0 Å². The van der Waals surface area contributed by atoms with Crippen molar-refractivity contribution in [2.45, 2.75) is 31.7 Å². The number of benzene rings is 1. The molecule has 5 heterocycles. The van der Waals surface area contributed by atoms with Gasteiger partial charge in [0.2, 0.25) is 0 Å². The largest absolute Gasteiger partial charge is 0.493 e. The Hall–Kier alpha value is -2.39. The van der Waals surface area contributed by atoms with E-state index in [1.165, 1.54) is 0 Å². The molecule has 3 aliphatic rings. The zero-order valence-electron chi connectivity index (χ0n) is 17.7. The number of pyridine rings is 1. The number of rotatable bonds is 6. The maximum absolute atomic E-state index is 6.54. The summed E-state index contributed by atoms with van der Waals surface area (Å²) in [5, 5.41) is 0.531. The smallest absolute Gasteiger partial charge is 0.296 e. The molecular formula is C23H24ClN3O5. The molecule has 2 aromatic heterocycles. The second kappa shape index (κ2) is 7.88. The van der Waals surface area contributed by atoms with Gasteiger partial charge in [-0.05, 0) is 36.8 Å². The predicted octanol–water partition coefficient (Wildman–Crippen LogP) is 3.63. The molecule has 9 heteroatoms. The quantitative estimate of drug-likeness (QED) is 0.604. The standard InChI is InChI=1S/C23H24ClN3O5/c1-23(10-28-11-23)12-31-14-4-2-13(3-5-14)19-15(24)8-16-21(26-19)27-22(25-16)32-18-9-30-17-6-7-29-20(17)18/h2-5,8,17-18,20H,6-7,9-12H2,1H3,(H,25,26,27)/t17-,18-,20+/m1/s1. The average Bonchev–Trinajstić information content (AvgIpc) is 3.48. The summed E-state index contributed by atoms with van der Waals surface area (Å²) in [7, 11) is 0. The van der Waals surface area contributed by atoms with Gasteiger partial charge in [0, 0.05) is 17.6 Å². The molecule has 3 aliphatic heterocycles. The highest BCUT2D eigenvalue weighted by atomic mass is 35.5. The fourth-order valence-corrected chi connectivity index (χ4v) is 4.59. The van der Waals surface area contributed by atoms with Gasteiger partial charge in [0.25, 0.3) is 6.01 Å². The molecule has 0 saturated carbocycles. The first-order chi connectivity index (χ1) is 15.6. The molecule has 3 atom stereocenters. The van der Waals surface area contributed by atoms with E-state index in [0.717, 1.165) is 30.9 Å². The predicted molar refractivity (Wildman–Crippen MR) is 117 cm³/mol. The van der Waals surface area contributed by atoms with Crippen molar-refractivity contribution in [3.63, 3.8) is 0 Å². The van der Waals surface area contributed by atoms with E-state index in [1.807, 2.05) is 30.3 Å². The Morgan fingerprint density at radius 1 is 1.19 bits per heavy atom. The van der Waals surface area contributed by atoms with Crippen molar-refractivity contribution in [1.82, 2.24) is 15.0 Å². The van der Waals surface area contributed by atoms with Crippen LogP contribution in [0.2, 0.25) is 5.02 Å². The maximum atomic E-state index is 6.54. The molecule has 3 fully saturated rings. The Balaban J connectivity index is 1.19. The molecule has 1 N–H and O–H groups in total. The van der Waals surface area contributed by atoms with E-state index < -0.39 is 0 Å². The molecule has 3 aromatic rings. The van der Waals surface area contributed by atoms with Crippen LogP contribution in [0.15, 0.2) is 30.3 Å². The normalized spacial score (nSPS) is 26.1. The van der Waals surface area contributed by atoms with Gasteiger partial charge in [-0.2, -0.15) is 4.98 Å². The van der Waals surface area contributed by atoms with Gasteiger partial charge in [-0.1, -0.05) is 18.5 Å². The Kier molecular flexibility index (Phi) is 4.98. The highest BCUT2D eigenvalue weighted by molar-refractivity contribution is 6.33. The van der Waals surface area contributed by atoms with Crippen molar-refractivity contribution in [3.05, 3.63) is 35.4 Å². The van der Waals surface area contributed by atoms with Crippen molar-refractivity contribution in [3.8, 4) is 23.0 Å². The van der Waals surface area contributed by atoms with Gasteiger partial charge in [0.15, 0.2) is 11.8 Å². The van der Waals surface area contributed by atoms with Crippen molar-refractivity contribution < 1.29 is 23.7 Å². The summed E-state index contributed by atoms with van der Waals surface area (Å²) >= 11 is 6.54. The Morgan fingerprint density at radius 3 is 2.81 bits per heavy atom. The summed E-state index contributed by atoms with van der Waals surface area (Å²) in [6, 6.07) is 9.97. The molecule has 6 rings (SSSR count). The van der Waals surface area contributed by atoms with E-state index in [2.05, 4.69) is 21.9 Å². The number of fused-ring (bicyclic) bond motifs is 2. The summed E-state index contributed by atoms with van der Waals surface area (Å²) in [5.74, 6) is 0.806. The van der Waals surface area contributed by atoms with E-state index in [-0.39, 0.29) is 23.7 Å². The lowest BCUT2D eigenvalue weighted by atomic mass is 9.90. The molecule has 0 unspecified atom stereocenters. The fourth-order valence-electron chi connectivity index (χ4n) is 4.33. The first-order valence-electron chi connectivity index (χ1n) is 10.8. The van der Waals surface area contributed by atoms with Gasteiger partial charge in [-0.25, -0.2) is 4.98 Å². The van der Waals surface area contributed by atoms with Crippen LogP contribution in [0.3, 0.4) is 0 Å².